The standard InChI is InChI=1S/C20H30O3/c1-23-20(22)9-5-8-17-10-13-18(14-11-17)19(21)15-12-16-6-3-2-4-7-16/h10-11,13-14,16,19,21H,2-9,12,15H2,1H3. The Bertz CT molecular complexity index is 460. The van der Waals surface area contributed by atoms with E-state index in [4.69, 9.17) is 0 Å². The largest absolute Gasteiger partial charge is 0.469 e. The van der Waals surface area contributed by atoms with E-state index < -0.39 is 0 Å². The Hall–Kier alpha value is -1.35. The maximum Gasteiger partial charge on any atom is 0.305 e. The minimum Gasteiger partial charge on any atom is -0.469 e. The highest BCUT2D eigenvalue weighted by atomic mass is 16.5. The Morgan fingerprint density at radius 2 is 1.91 bits per heavy atom. The molecule has 0 spiro atoms. The second-order valence-corrected chi connectivity index (χ2v) is 6.77. The summed E-state index contributed by atoms with van der Waals surface area (Å²) < 4.78 is 4.64. The first-order valence-electron chi connectivity index (χ1n) is 9.02. The molecule has 1 saturated carbocycles. The molecule has 1 aromatic carbocycles. The zero-order chi connectivity index (χ0) is 16.5. The number of rotatable bonds is 8. The zero-order valence-electron chi connectivity index (χ0n) is 14.3. The van der Waals surface area contributed by atoms with Crippen LogP contribution in [0.4, 0.5) is 0 Å². The summed E-state index contributed by atoms with van der Waals surface area (Å²) in [7, 11) is 1.42. The topological polar surface area (TPSA) is 46.5 Å². The fraction of sp³-hybridized carbons (Fsp3) is 0.650. The van der Waals surface area contributed by atoms with Crippen molar-refractivity contribution in [1.29, 1.82) is 0 Å². The lowest BCUT2D eigenvalue weighted by atomic mass is 9.85. The molecular formula is C20H30O3. The molecule has 0 aliphatic heterocycles. The first-order chi connectivity index (χ1) is 11.2. The van der Waals surface area contributed by atoms with Crippen molar-refractivity contribution in [3.8, 4) is 0 Å². The zero-order valence-corrected chi connectivity index (χ0v) is 14.3. The smallest absolute Gasteiger partial charge is 0.305 e. The first-order valence-corrected chi connectivity index (χ1v) is 9.02. The highest BCUT2D eigenvalue weighted by Gasteiger charge is 2.16. The number of hydrogen-bond donors (Lipinski definition) is 1. The fourth-order valence-corrected chi connectivity index (χ4v) is 3.48. The van der Waals surface area contributed by atoms with Crippen LogP contribution in [0, 0.1) is 5.92 Å². The quantitative estimate of drug-likeness (QED) is 0.714. The van der Waals surface area contributed by atoms with Gasteiger partial charge in [0.25, 0.3) is 0 Å². The summed E-state index contributed by atoms with van der Waals surface area (Å²) in [6.45, 7) is 0. The normalized spacial score (nSPS) is 17.0. The summed E-state index contributed by atoms with van der Waals surface area (Å²) in [6.07, 6.45) is 10.6. The van der Waals surface area contributed by atoms with Crippen LogP contribution in [-0.2, 0) is 16.0 Å². The first kappa shape index (κ1) is 18.0. The van der Waals surface area contributed by atoms with Crippen LogP contribution in [0.5, 0.6) is 0 Å². The predicted octanol–water partition coefficient (Wildman–Crippen LogP) is 4.58. The highest BCUT2D eigenvalue weighted by molar-refractivity contribution is 5.69. The molecule has 23 heavy (non-hydrogen) atoms. The van der Waals surface area contributed by atoms with Crippen molar-refractivity contribution in [2.45, 2.75) is 70.3 Å². The van der Waals surface area contributed by atoms with Crippen molar-refractivity contribution < 1.29 is 14.6 Å². The van der Waals surface area contributed by atoms with Gasteiger partial charge < -0.3 is 9.84 Å². The van der Waals surface area contributed by atoms with E-state index in [9.17, 15) is 9.90 Å². The minimum absolute atomic E-state index is 0.153. The summed E-state index contributed by atoms with van der Waals surface area (Å²) in [5, 5.41) is 10.4. The highest BCUT2D eigenvalue weighted by Crippen LogP contribution is 2.30. The third-order valence-electron chi connectivity index (χ3n) is 5.01. The van der Waals surface area contributed by atoms with Gasteiger partial charge in [-0.25, -0.2) is 0 Å². The summed E-state index contributed by atoms with van der Waals surface area (Å²) in [4.78, 5) is 11.1. The number of aliphatic hydroxyl groups is 1. The number of ether oxygens (including phenoxy) is 1. The molecule has 0 radical (unpaired) electrons. The average molecular weight is 318 g/mol. The molecule has 0 bridgehead atoms. The van der Waals surface area contributed by atoms with Crippen molar-refractivity contribution in [3.05, 3.63) is 35.4 Å². The van der Waals surface area contributed by atoms with Gasteiger partial charge in [0.1, 0.15) is 0 Å². The van der Waals surface area contributed by atoms with Gasteiger partial charge in [-0.05, 0) is 42.7 Å². The van der Waals surface area contributed by atoms with Gasteiger partial charge in [0.05, 0.1) is 13.2 Å². The van der Waals surface area contributed by atoms with Gasteiger partial charge in [-0.1, -0.05) is 56.4 Å². The van der Waals surface area contributed by atoms with Crippen molar-refractivity contribution in [3.63, 3.8) is 0 Å². The van der Waals surface area contributed by atoms with E-state index in [2.05, 4.69) is 16.9 Å². The molecular weight excluding hydrogens is 288 g/mol. The van der Waals surface area contributed by atoms with E-state index in [1.54, 1.807) is 0 Å². The summed E-state index contributed by atoms with van der Waals surface area (Å²) in [6, 6.07) is 8.19. The van der Waals surface area contributed by atoms with Gasteiger partial charge in [0.15, 0.2) is 0 Å². The SMILES string of the molecule is COC(=O)CCCc1ccc(C(O)CCC2CCCCC2)cc1. The molecule has 128 valence electrons. The van der Waals surface area contributed by atoms with Crippen molar-refractivity contribution >= 4 is 5.97 Å². The summed E-state index contributed by atoms with van der Waals surface area (Å²) in [5.41, 5.74) is 2.22. The number of carbonyl (C=O) groups excluding carboxylic acids is 1. The molecule has 1 aliphatic rings. The van der Waals surface area contributed by atoms with Crippen molar-refractivity contribution in [2.24, 2.45) is 5.92 Å². The molecule has 2 rings (SSSR count). The van der Waals surface area contributed by atoms with Gasteiger partial charge in [0, 0.05) is 6.42 Å². The van der Waals surface area contributed by atoms with E-state index in [0.29, 0.717) is 6.42 Å². The number of carbonyl (C=O) groups is 1. The number of methoxy groups -OCH3 is 1. The molecule has 1 fully saturated rings. The van der Waals surface area contributed by atoms with Gasteiger partial charge in [-0.2, -0.15) is 0 Å². The second-order valence-electron chi connectivity index (χ2n) is 6.77. The lowest BCUT2D eigenvalue weighted by Gasteiger charge is -2.22. The number of aliphatic hydroxyl groups excluding tert-OH is 1. The monoisotopic (exact) mass is 318 g/mol. The molecule has 0 amide bonds. The molecule has 1 aliphatic carbocycles. The molecule has 3 nitrogen and oxygen atoms in total. The fourth-order valence-electron chi connectivity index (χ4n) is 3.48. The molecule has 1 N–H and O–H groups in total. The maximum atomic E-state index is 11.1. The Morgan fingerprint density at radius 1 is 1.22 bits per heavy atom. The van der Waals surface area contributed by atoms with Gasteiger partial charge in [0.2, 0.25) is 0 Å². The van der Waals surface area contributed by atoms with Crippen LogP contribution in [-0.4, -0.2) is 18.2 Å². The van der Waals surface area contributed by atoms with E-state index in [1.807, 2.05) is 12.1 Å². The van der Waals surface area contributed by atoms with Crippen LogP contribution in [0.3, 0.4) is 0 Å². The molecule has 0 saturated heterocycles. The van der Waals surface area contributed by atoms with E-state index >= 15 is 0 Å². The number of hydrogen-bond acceptors (Lipinski definition) is 3. The summed E-state index contributed by atoms with van der Waals surface area (Å²) >= 11 is 0. The van der Waals surface area contributed by atoms with Gasteiger partial charge in [-0.15, -0.1) is 0 Å². The lowest BCUT2D eigenvalue weighted by molar-refractivity contribution is -0.140. The van der Waals surface area contributed by atoms with Crippen LogP contribution in [0.25, 0.3) is 0 Å². The molecule has 3 heteroatoms. The molecule has 1 unspecified atom stereocenters. The molecule has 0 heterocycles. The van der Waals surface area contributed by atoms with E-state index in [0.717, 1.165) is 37.2 Å². The Morgan fingerprint density at radius 3 is 2.57 bits per heavy atom. The minimum atomic E-state index is -0.346. The Labute approximate surface area is 140 Å². The molecule has 1 atom stereocenters. The van der Waals surface area contributed by atoms with Crippen LogP contribution in [0.1, 0.15) is 75.0 Å². The average Bonchev–Trinajstić information content (AvgIpc) is 2.61. The van der Waals surface area contributed by atoms with E-state index in [1.165, 1.54) is 44.8 Å². The molecule has 1 aromatic rings. The van der Waals surface area contributed by atoms with Crippen LogP contribution < -0.4 is 0 Å². The lowest BCUT2D eigenvalue weighted by Crippen LogP contribution is -2.08. The predicted molar refractivity (Wildman–Crippen MR) is 92.2 cm³/mol. The summed E-state index contributed by atoms with van der Waals surface area (Å²) in [5.74, 6) is 0.663. The second kappa shape index (κ2) is 9.71. The third kappa shape index (κ3) is 6.34. The van der Waals surface area contributed by atoms with Crippen molar-refractivity contribution in [1.82, 2.24) is 0 Å². The Kier molecular flexibility index (Phi) is 7.60. The number of aryl methyl sites for hydroxylation is 1. The van der Waals surface area contributed by atoms with Crippen LogP contribution >= 0.6 is 0 Å². The van der Waals surface area contributed by atoms with Crippen LogP contribution in [0.15, 0.2) is 24.3 Å². The van der Waals surface area contributed by atoms with Crippen LogP contribution in [0.2, 0.25) is 0 Å². The molecule has 0 aromatic heterocycles. The number of esters is 1. The van der Waals surface area contributed by atoms with E-state index in [-0.39, 0.29) is 12.1 Å². The third-order valence-corrected chi connectivity index (χ3v) is 5.01. The van der Waals surface area contributed by atoms with Crippen molar-refractivity contribution in [2.75, 3.05) is 7.11 Å². The number of benzene rings is 1. The van der Waals surface area contributed by atoms with Gasteiger partial charge >= 0.3 is 5.97 Å². The Balaban J connectivity index is 1.73. The van der Waals surface area contributed by atoms with Gasteiger partial charge in [-0.3, -0.25) is 4.79 Å². The maximum absolute atomic E-state index is 11.1.